The first kappa shape index (κ1) is 31.5. The molecule has 41 heavy (non-hydrogen) atoms. The number of benzene rings is 1. The number of amides is 3. The number of rotatable bonds is 11. The number of hydrazine groups is 1. The minimum atomic E-state index is -0.950. The van der Waals surface area contributed by atoms with E-state index >= 15 is 0 Å². The zero-order valence-corrected chi connectivity index (χ0v) is 24.5. The van der Waals surface area contributed by atoms with Gasteiger partial charge in [0, 0.05) is 18.4 Å². The average molecular weight is 564 g/mol. The number of esters is 1. The van der Waals surface area contributed by atoms with Gasteiger partial charge in [0.15, 0.2) is 0 Å². The van der Waals surface area contributed by atoms with Gasteiger partial charge < -0.3 is 15.4 Å². The van der Waals surface area contributed by atoms with Gasteiger partial charge in [-0.05, 0) is 63.3 Å². The van der Waals surface area contributed by atoms with Gasteiger partial charge in [0.2, 0.25) is 11.8 Å². The van der Waals surface area contributed by atoms with E-state index in [2.05, 4.69) is 34.2 Å². The second kappa shape index (κ2) is 13.5. The quantitative estimate of drug-likeness (QED) is 0.282. The van der Waals surface area contributed by atoms with E-state index in [9.17, 15) is 19.2 Å². The Hall–Kier alpha value is -4.05. The van der Waals surface area contributed by atoms with E-state index in [1.807, 2.05) is 58.0 Å². The maximum Gasteiger partial charge on any atom is 0.325 e. The van der Waals surface area contributed by atoms with Gasteiger partial charge in [0.05, 0.1) is 11.2 Å². The van der Waals surface area contributed by atoms with E-state index in [0.29, 0.717) is 19.4 Å². The van der Waals surface area contributed by atoms with Gasteiger partial charge in [-0.2, -0.15) is 0 Å². The fourth-order valence-electron chi connectivity index (χ4n) is 4.61. The fraction of sp³-hybridized carbons (Fsp3) is 0.452. The topological polar surface area (TPSA) is 130 Å². The van der Waals surface area contributed by atoms with Crippen LogP contribution in [0.4, 0.5) is 0 Å². The molecule has 0 saturated carbocycles. The molecule has 0 bridgehead atoms. The summed E-state index contributed by atoms with van der Waals surface area (Å²) >= 11 is 0. The number of hydrogen-bond acceptors (Lipinski definition) is 7. The Labute approximate surface area is 241 Å². The Morgan fingerprint density at radius 1 is 1.15 bits per heavy atom. The minimum Gasteiger partial charge on any atom is -0.454 e. The molecule has 2 unspecified atom stereocenters. The van der Waals surface area contributed by atoms with Crippen LogP contribution in [0.2, 0.25) is 0 Å². The van der Waals surface area contributed by atoms with Crippen LogP contribution in [-0.4, -0.2) is 58.4 Å². The van der Waals surface area contributed by atoms with Crippen molar-refractivity contribution in [2.45, 2.75) is 77.6 Å². The van der Waals surface area contributed by atoms with Crippen LogP contribution < -0.4 is 16.1 Å². The summed E-state index contributed by atoms with van der Waals surface area (Å²) in [5.41, 5.74) is 4.34. The van der Waals surface area contributed by atoms with Gasteiger partial charge in [-0.15, -0.1) is 6.58 Å². The van der Waals surface area contributed by atoms with E-state index in [1.54, 1.807) is 13.0 Å². The molecule has 0 aliphatic carbocycles. The molecule has 1 aliphatic rings. The molecule has 3 amide bonds. The van der Waals surface area contributed by atoms with Crippen molar-refractivity contribution in [3.63, 3.8) is 0 Å². The lowest BCUT2D eigenvalue weighted by molar-refractivity contribution is -0.164. The van der Waals surface area contributed by atoms with Crippen molar-refractivity contribution in [2.75, 3.05) is 6.54 Å². The fourth-order valence-corrected chi connectivity index (χ4v) is 4.61. The average Bonchev–Trinajstić information content (AvgIpc) is 2.94. The van der Waals surface area contributed by atoms with Crippen LogP contribution in [0.1, 0.15) is 65.1 Å². The zero-order valence-electron chi connectivity index (χ0n) is 24.5. The number of ether oxygens (including phenoxy) is 1. The van der Waals surface area contributed by atoms with Gasteiger partial charge >= 0.3 is 5.97 Å². The Balaban J connectivity index is 1.63. The molecule has 1 aromatic carbocycles. The molecule has 220 valence electrons. The Morgan fingerprint density at radius 2 is 1.85 bits per heavy atom. The van der Waals surface area contributed by atoms with Crippen molar-refractivity contribution < 1.29 is 23.9 Å². The number of hydrogen-bond donors (Lipinski definition) is 3. The molecule has 3 rings (SSSR count). The highest BCUT2D eigenvalue weighted by Crippen LogP contribution is 2.29. The highest BCUT2D eigenvalue weighted by atomic mass is 16.6. The predicted octanol–water partition coefficient (Wildman–Crippen LogP) is 3.37. The van der Waals surface area contributed by atoms with E-state index in [1.165, 1.54) is 11.1 Å². The van der Waals surface area contributed by atoms with Gasteiger partial charge in [0.1, 0.15) is 23.7 Å². The number of nitrogens with one attached hydrogen (secondary N) is 3. The first-order valence-corrected chi connectivity index (χ1v) is 13.9. The van der Waals surface area contributed by atoms with Gasteiger partial charge in [-0.3, -0.25) is 24.2 Å². The number of pyridine rings is 1. The Kier molecular flexibility index (Phi) is 10.4. The molecule has 3 N–H and O–H groups in total. The molecule has 10 nitrogen and oxygen atoms in total. The standard InChI is InChI=1S/C31H41N5O5/c1-8-11-26(37)34-27(19(3)4)28(38)32-20(5)29(39)36-17-10-12-24(35-36)30(40)41-31(6,7)22-15-13-21-14-16-23(9-2)33-25(21)18-22/h8-9,13-16,18-20,24,27,35H,1-2,10-12,17H2,3-7H3,(H,32,38)(H,34,37)/t20?,24-,27?/m0/s1. The summed E-state index contributed by atoms with van der Waals surface area (Å²) in [4.78, 5) is 55.9. The van der Waals surface area contributed by atoms with Crippen molar-refractivity contribution in [3.8, 4) is 0 Å². The summed E-state index contributed by atoms with van der Waals surface area (Å²) in [6, 6.07) is 7.17. The van der Waals surface area contributed by atoms with Gasteiger partial charge in [-0.1, -0.05) is 44.7 Å². The van der Waals surface area contributed by atoms with Crippen molar-refractivity contribution in [3.05, 3.63) is 60.8 Å². The molecular formula is C31H41N5O5. The molecule has 1 saturated heterocycles. The lowest BCUT2D eigenvalue weighted by atomic mass is 9.96. The molecule has 0 spiro atoms. The lowest BCUT2D eigenvalue weighted by Crippen LogP contribution is -2.61. The predicted molar refractivity (Wildman–Crippen MR) is 158 cm³/mol. The SMILES string of the molecule is C=CCC(=O)NC(C(=O)NC(C)C(=O)N1CCC[C@@H](C(=O)OC(C)(C)c2ccc3ccc(C=C)nc3c2)N1)C(C)C. The number of aromatic nitrogens is 1. The van der Waals surface area contributed by atoms with Crippen LogP contribution in [-0.2, 0) is 29.5 Å². The molecular weight excluding hydrogens is 522 g/mol. The van der Waals surface area contributed by atoms with Crippen LogP contribution in [0.3, 0.4) is 0 Å². The third-order valence-corrected chi connectivity index (χ3v) is 7.04. The molecule has 2 aromatic rings. The summed E-state index contributed by atoms with van der Waals surface area (Å²) in [6.07, 6.45) is 4.29. The number of carbonyl (C=O) groups is 4. The molecule has 0 radical (unpaired) electrons. The van der Waals surface area contributed by atoms with Crippen LogP contribution in [0.25, 0.3) is 17.0 Å². The van der Waals surface area contributed by atoms with E-state index in [-0.39, 0.29) is 18.2 Å². The van der Waals surface area contributed by atoms with Crippen molar-refractivity contribution in [1.82, 2.24) is 26.1 Å². The molecule has 1 aromatic heterocycles. The summed E-state index contributed by atoms with van der Waals surface area (Å²) in [7, 11) is 0. The van der Waals surface area contributed by atoms with Crippen LogP contribution in [0, 0.1) is 5.92 Å². The van der Waals surface area contributed by atoms with Crippen molar-refractivity contribution >= 4 is 40.7 Å². The van der Waals surface area contributed by atoms with Crippen LogP contribution in [0.15, 0.2) is 49.6 Å². The summed E-state index contributed by atoms with van der Waals surface area (Å²) < 4.78 is 5.93. The molecule has 3 atom stereocenters. The summed E-state index contributed by atoms with van der Waals surface area (Å²) in [5.74, 6) is -1.85. The second-order valence-electron chi connectivity index (χ2n) is 11.1. The largest absolute Gasteiger partial charge is 0.454 e. The minimum absolute atomic E-state index is 0.0883. The molecule has 1 fully saturated rings. The highest BCUT2D eigenvalue weighted by molar-refractivity contribution is 5.92. The molecule has 2 heterocycles. The molecule has 10 heteroatoms. The highest BCUT2D eigenvalue weighted by Gasteiger charge is 2.35. The maximum absolute atomic E-state index is 13.2. The van der Waals surface area contributed by atoms with E-state index in [0.717, 1.165) is 22.2 Å². The third-order valence-electron chi connectivity index (χ3n) is 7.04. The molecule has 1 aliphatic heterocycles. The van der Waals surface area contributed by atoms with Crippen molar-refractivity contribution in [2.24, 2.45) is 5.92 Å². The maximum atomic E-state index is 13.2. The van der Waals surface area contributed by atoms with Crippen LogP contribution in [0.5, 0.6) is 0 Å². The zero-order chi connectivity index (χ0) is 30.3. The van der Waals surface area contributed by atoms with Crippen LogP contribution >= 0.6 is 0 Å². The number of fused-ring (bicyclic) bond motifs is 1. The number of nitrogens with zero attached hydrogens (tertiary/aromatic N) is 2. The van der Waals surface area contributed by atoms with Crippen molar-refractivity contribution in [1.29, 1.82) is 0 Å². The van der Waals surface area contributed by atoms with Gasteiger partial charge in [-0.25, -0.2) is 10.4 Å². The third kappa shape index (κ3) is 8.00. The normalized spacial score (nSPS) is 16.9. The van der Waals surface area contributed by atoms with E-state index in [4.69, 9.17) is 4.74 Å². The first-order valence-electron chi connectivity index (χ1n) is 13.9. The number of carbonyl (C=O) groups excluding carboxylic acids is 4. The van der Waals surface area contributed by atoms with Gasteiger partial charge in [0.25, 0.3) is 5.91 Å². The second-order valence-corrected chi connectivity index (χ2v) is 11.1. The monoisotopic (exact) mass is 563 g/mol. The lowest BCUT2D eigenvalue weighted by Gasteiger charge is -2.36. The first-order chi connectivity index (χ1) is 19.4. The Morgan fingerprint density at radius 3 is 2.51 bits per heavy atom. The smallest absolute Gasteiger partial charge is 0.325 e. The summed E-state index contributed by atoms with van der Waals surface area (Å²) in [6.45, 7) is 16.5. The summed E-state index contributed by atoms with van der Waals surface area (Å²) in [5, 5.41) is 7.69. The Bertz CT molecular complexity index is 1320. The van der Waals surface area contributed by atoms with E-state index < -0.39 is 41.5 Å².